The number of aliphatic carboxylic acids is 2. The molecule has 0 amide bonds. The van der Waals surface area contributed by atoms with Crippen LogP contribution in [0.1, 0.15) is 11.1 Å². The van der Waals surface area contributed by atoms with E-state index in [1.165, 1.54) is 5.56 Å². The summed E-state index contributed by atoms with van der Waals surface area (Å²) in [4.78, 5) is 22.2. The van der Waals surface area contributed by atoms with Crippen LogP contribution < -0.4 is 14.8 Å². The molecule has 0 atom stereocenters. The van der Waals surface area contributed by atoms with Crippen molar-refractivity contribution in [3.8, 4) is 11.5 Å². The van der Waals surface area contributed by atoms with Crippen molar-refractivity contribution in [3.63, 3.8) is 0 Å². The second-order valence-electron chi connectivity index (χ2n) is 4.75. The van der Waals surface area contributed by atoms with Crippen molar-refractivity contribution in [3.05, 3.63) is 53.9 Å². The van der Waals surface area contributed by atoms with Crippen molar-refractivity contribution in [1.82, 2.24) is 10.3 Å². The molecule has 0 radical (unpaired) electrons. The number of hydrogen-bond acceptors (Lipinski definition) is 6. The molecule has 2 aromatic rings. The lowest BCUT2D eigenvalue weighted by Crippen LogP contribution is -2.13. The number of carboxylic acids is 2. The van der Waals surface area contributed by atoms with Gasteiger partial charge in [0.1, 0.15) is 11.5 Å². The number of pyridine rings is 1. The molecule has 0 unspecified atom stereocenters. The number of methoxy groups -OCH3 is 2. The van der Waals surface area contributed by atoms with E-state index < -0.39 is 11.9 Å². The van der Waals surface area contributed by atoms with Gasteiger partial charge in [-0.05, 0) is 23.8 Å². The number of rotatable bonds is 6. The average molecular weight is 348 g/mol. The van der Waals surface area contributed by atoms with Gasteiger partial charge in [-0.3, -0.25) is 4.98 Å². The van der Waals surface area contributed by atoms with Gasteiger partial charge in [0.2, 0.25) is 0 Å². The van der Waals surface area contributed by atoms with E-state index in [0.29, 0.717) is 0 Å². The fraction of sp³-hybridized carbons (Fsp3) is 0.235. The Morgan fingerprint density at radius 1 is 1.00 bits per heavy atom. The predicted molar refractivity (Wildman–Crippen MR) is 89.6 cm³/mol. The maximum absolute atomic E-state index is 9.10. The summed E-state index contributed by atoms with van der Waals surface area (Å²) in [6.07, 6.45) is 3.59. The first-order valence-corrected chi connectivity index (χ1v) is 7.24. The van der Waals surface area contributed by atoms with Crippen LogP contribution in [0.3, 0.4) is 0 Å². The van der Waals surface area contributed by atoms with Crippen LogP contribution in [0.25, 0.3) is 0 Å². The Labute approximate surface area is 145 Å². The van der Waals surface area contributed by atoms with Crippen molar-refractivity contribution in [2.24, 2.45) is 0 Å². The predicted octanol–water partition coefficient (Wildman–Crippen LogP) is 1.54. The van der Waals surface area contributed by atoms with Crippen LogP contribution >= 0.6 is 0 Å². The maximum atomic E-state index is 9.10. The molecule has 0 bridgehead atoms. The summed E-state index contributed by atoms with van der Waals surface area (Å²) in [5, 5.41) is 18.2. The number of aromatic nitrogens is 1. The average Bonchev–Trinajstić information content (AvgIpc) is 2.63. The molecule has 0 fully saturated rings. The summed E-state index contributed by atoms with van der Waals surface area (Å²) in [5.74, 6) is -2.01. The summed E-state index contributed by atoms with van der Waals surface area (Å²) in [5.41, 5.74) is 2.32. The van der Waals surface area contributed by atoms with Crippen LogP contribution in [0.4, 0.5) is 0 Å². The minimum absolute atomic E-state index is 0.746. The third-order valence-corrected chi connectivity index (χ3v) is 3.07. The third-order valence-electron chi connectivity index (χ3n) is 3.07. The topological polar surface area (TPSA) is 118 Å². The Morgan fingerprint density at radius 2 is 1.64 bits per heavy atom. The highest BCUT2D eigenvalue weighted by atomic mass is 16.5. The van der Waals surface area contributed by atoms with Crippen molar-refractivity contribution >= 4 is 11.9 Å². The van der Waals surface area contributed by atoms with Crippen molar-refractivity contribution in [1.29, 1.82) is 0 Å². The number of nitrogens with one attached hydrogen (secondary N) is 1. The lowest BCUT2D eigenvalue weighted by Gasteiger charge is -2.11. The van der Waals surface area contributed by atoms with Gasteiger partial charge in [0.15, 0.2) is 0 Å². The molecule has 134 valence electrons. The molecule has 3 N–H and O–H groups in total. The molecular weight excluding hydrogens is 328 g/mol. The minimum Gasteiger partial charge on any atom is -0.497 e. The standard InChI is InChI=1S/C15H18N2O2.C2H2O4/c1-18-14-4-3-13(15(9-14)19-2)11-17-10-12-5-7-16-8-6-12;3-1(4)2(5)6/h3-9,17H,10-11H2,1-2H3;(H,3,4)(H,5,6). The summed E-state index contributed by atoms with van der Waals surface area (Å²) in [6.45, 7) is 1.55. The second-order valence-corrected chi connectivity index (χ2v) is 4.75. The van der Waals surface area contributed by atoms with E-state index in [1.807, 2.05) is 30.3 Å². The molecule has 1 aromatic heterocycles. The van der Waals surface area contributed by atoms with Gasteiger partial charge in [0.05, 0.1) is 14.2 Å². The number of ether oxygens (including phenoxy) is 2. The van der Waals surface area contributed by atoms with Crippen LogP contribution in [0.15, 0.2) is 42.7 Å². The molecule has 0 aliphatic heterocycles. The SMILES string of the molecule is COc1ccc(CNCc2ccncc2)c(OC)c1.O=C(O)C(=O)O. The second kappa shape index (κ2) is 10.6. The number of carbonyl (C=O) groups is 2. The highest BCUT2D eigenvalue weighted by Crippen LogP contribution is 2.24. The summed E-state index contributed by atoms with van der Waals surface area (Å²) in [6, 6.07) is 9.84. The Bertz CT molecular complexity index is 679. The molecule has 0 spiro atoms. The van der Waals surface area contributed by atoms with Crippen LogP contribution in [0.5, 0.6) is 11.5 Å². The first-order valence-electron chi connectivity index (χ1n) is 7.24. The zero-order chi connectivity index (χ0) is 18.7. The van der Waals surface area contributed by atoms with Gasteiger partial charge in [-0.15, -0.1) is 0 Å². The lowest BCUT2D eigenvalue weighted by molar-refractivity contribution is -0.159. The van der Waals surface area contributed by atoms with Gasteiger partial charge in [-0.2, -0.15) is 0 Å². The molecule has 0 aliphatic rings. The molecular formula is C17H20N2O6. The van der Waals surface area contributed by atoms with Crippen molar-refractivity contribution in [2.45, 2.75) is 13.1 Å². The molecule has 2 rings (SSSR count). The van der Waals surface area contributed by atoms with E-state index in [-0.39, 0.29) is 0 Å². The van der Waals surface area contributed by atoms with Crippen molar-refractivity contribution in [2.75, 3.05) is 14.2 Å². The van der Waals surface area contributed by atoms with E-state index in [2.05, 4.69) is 10.3 Å². The first-order chi connectivity index (χ1) is 12.0. The Morgan fingerprint density at radius 3 is 2.16 bits per heavy atom. The van der Waals surface area contributed by atoms with Crippen molar-refractivity contribution < 1.29 is 29.3 Å². The highest BCUT2D eigenvalue weighted by Gasteiger charge is 2.05. The number of hydrogen-bond donors (Lipinski definition) is 3. The van der Waals surface area contributed by atoms with Gasteiger partial charge in [-0.25, -0.2) is 9.59 Å². The van der Waals surface area contributed by atoms with Gasteiger partial charge in [0.25, 0.3) is 0 Å². The third kappa shape index (κ3) is 7.32. The van der Waals surface area contributed by atoms with Gasteiger partial charge in [-0.1, -0.05) is 6.07 Å². The molecule has 0 saturated carbocycles. The molecule has 0 aliphatic carbocycles. The van der Waals surface area contributed by atoms with Crippen LogP contribution in [0, 0.1) is 0 Å². The van der Waals surface area contributed by atoms with E-state index in [1.54, 1.807) is 26.6 Å². The van der Waals surface area contributed by atoms with E-state index in [9.17, 15) is 0 Å². The molecule has 0 saturated heterocycles. The van der Waals surface area contributed by atoms with Gasteiger partial charge in [0, 0.05) is 37.1 Å². The highest BCUT2D eigenvalue weighted by molar-refractivity contribution is 6.27. The maximum Gasteiger partial charge on any atom is 0.414 e. The minimum atomic E-state index is -1.82. The molecule has 1 aromatic carbocycles. The number of benzene rings is 1. The zero-order valence-corrected chi connectivity index (χ0v) is 13.9. The van der Waals surface area contributed by atoms with Gasteiger partial charge >= 0.3 is 11.9 Å². The normalized spacial score (nSPS) is 9.52. The summed E-state index contributed by atoms with van der Waals surface area (Å²) >= 11 is 0. The van der Waals surface area contributed by atoms with Crippen LogP contribution in [-0.2, 0) is 22.7 Å². The molecule has 1 heterocycles. The summed E-state index contributed by atoms with van der Waals surface area (Å²) < 4.78 is 10.5. The number of nitrogens with zero attached hydrogens (tertiary/aromatic N) is 1. The Kier molecular flexibility index (Phi) is 8.45. The smallest absolute Gasteiger partial charge is 0.414 e. The summed E-state index contributed by atoms with van der Waals surface area (Å²) in [7, 11) is 3.32. The monoisotopic (exact) mass is 348 g/mol. The number of carboxylic acid groups (broad SMARTS) is 2. The Balaban J connectivity index is 0.000000450. The van der Waals surface area contributed by atoms with E-state index in [0.717, 1.165) is 30.2 Å². The largest absolute Gasteiger partial charge is 0.497 e. The Hall–Kier alpha value is -3.13. The van der Waals surface area contributed by atoms with E-state index >= 15 is 0 Å². The zero-order valence-electron chi connectivity index (χ0n) is 13.9. The van der Waals surface area contributed by atoms with Crippen LogP contribution in [-0.4, -0.2) is 41.4 Å². The fourth-order valence-electron chi connectivity index (χ4n) is 1.84. The molecule has 8 nitrogen and oxygen atoms in total. The quantitative estimate of drug-likeness (QED) is 0.673. The van der Waals surface area contributed by atoms with Crippen LogP contribution in [0.2, 0.25) is 0 Å². The lowest BCUT2D eigenvalue weighted by atomic mass is 10.2. The van der Waals surface area contributed by atoms with Gasteiger partial charge < -0.3 is 25.0 Å². The first kappa shape index (κ1) is 19.9. The fourth-order valence-corrected chi connectivity index (χ4v) is 1.84. The molecule has 8 heteroatoms. The molecule has 25 heavy (non-hydrogen) atoms. The van der Waals surface area contributed by atoms with E-state index in [4.69, 9.17) is 29.3 Å².